The van der Waals surface area contributed by atoms with Gasteiger partial charge >= 0.3 is 0 Å². The first-order chi connectivity index (χ1) is 15.9. The number of likely N-dealkylation sites (tertiary alicyclic amines) is 1. The molecule has 1 amide bonds. The van der Waals surface area contributed by atoms with E-state index in [9.17, 15) is 4.79 Å². The Hall–Kier alpha value is -3.00. The first-order valence-electron chi connectivity index (χ1n) is 12.0. The van der Waals surface area contributed by atoms with Gasteiger partial charge in [-0.2, -0.15) is 0 Å². The van der Waals surface area contributed by atoms with Gasteiger partial charge in [0.1, 0.15) is 5.52 Å². The molecule has 33 heavy (non-hydrogen) atoms. The summed E-state index contributed by atoms with van der Waals surface area (Å²) in [4.78, 5) is 30.8. The summed E-state index contributed by atoms with van der Waals surface area (Å²) < 4.78 is 2.04. The van der Waals surface area contributed by atoms with Crippen molar-refractivity contribution in [1.82, 2.24) is 29.3 Å². The zero-order chi connectivity index (χ0) is 23.4. The van der Waals surface area contributed by atoms with Crippen molar-refractivity contribution in [1.29, 1.82) is 0 Å². The quantitative estimate of drug-likeness (QED) is 0.509. The van der Waals surface area contributed by atoms with Crippen LogP contribution in [-0.2, 0) is 11.3 Å². The lowest BCUT2D eigenvalue weighted by atomic mass is 10.2. The van der Waals surface area contributed by atoms with Gasteiger partial charge in [0.25, 0.3) is 0 Å². The molecule has 1 aromatic carbocycles. The van der Waals surface area contributed by atoms with Gasteiger partial charge in [-0.25, -0.2) is 15.0 Å². The van der Waals surface area contributed by atoms with Gasteiger partial charge in [-0.3, -0.25) is 9.69 Å². The summed E-state index contributed by atoms with van der Waals surface area (Å²) in [5.41, 5.74) is 2.53. The van der Waals surface area contributed by atoms with Crippen LogP contribution in [0, 0.1) is 0 Å². The number of anilines is 1. The highest BCUT2D eigenvalue weighted by Crippen LogP contribution is 2.24. The maximum atomic E-state index is 12.0. The van der Waals surface area contributed by atoms with Crippen LogP contribution in [-0.4, -0.2) is 73.5 Å². The number of benzene rings is 1. The Kier molecular flexibility index (Phi) is 7.23. The van der Waals surface area contributed by atoms with Crippen LogP contribution in [0.1, 0.15) is 40.5 Å². The van der Waals surface area contributed by atoms with E-state index in [4.69, 9.17) is 9.97 Å². The molecule has 0 unspecified atom stereocenters. The van der Waals surface area contributed by atoms with Crippen LogP contribution < -0.4 is 5.32 Å². The Morgan fingerprint density at radius 1 is 1.06 bits per heavy atom. The number of nitrogens with one attached hydrogen (secondary N) is 1. The number of rotatable bonds is 10. The number of nitrogens with zero attached hydrogens (tertiary/aromatic N) is 6. The zero-order valence-corrected chi connectivity index (χ0v) is 20.2. The van der Waals surface area contributed by atoms with Gasteiger partial charge in [0.05, 0.1) is 6.33 Å². The smallest absolute Gasteiger partial charge is 0.222 e. The van der Waals surface area contributed by atoms with Crippen molar-refractivity contribution in [3.05, 3.63) is 36.7 Å². The van der Waals surface area contributed by atoms with E-state index < -0.39 is 0 Å². The van der Waals surface area contributed by atoms with Crippen molar-refractivity contribution in [2.24, 2.45) is 0 Å². The Labute approximate surface area is 196 Å². The van der Waals surface area contributed by atoms with Gasteiger partial charge in [-0.05, 0) is 34.1 Å². The number of carbonyl (C=O) groups is 1. The fourth-order valence-corrected chi connectivity index (χ4v) is 4.53. The molecule has 1 N–H and O–H groups in total. The molecule has 0 spiro atoms. The van der Waals surface area contributed by atoms with Gasteiger partial charge in [-0.15, -0.1) is 0 Å². The lowest BCUT2D eigenvalue weighted by Gasteiger charge is -2.30. The summed E-state index contributed by atoms with van der Waals surface area (Å²) >= 11 is 0. The second-order valence-corrected chi connectivity index (χ2v) is 9.21. The van der Waals surface area contributed by atoms with Crippen molar-refractivity contribution in [3.8, 4) is 11.4 Å². The van der Waals surface area contributed by atoms with E-state index in [2.05, 4.69) is 42.9 Å². The van der Waals surface area contributed by atoms with Crippen molar-refractivity contribution in [2.75, 3.05) is 31.5 Å². The Bertz CT molecular complexity index is 1070. The number of fused-ring (bicyclic) bond motifs is 1. The Balaban J connectivity index is 1.60. The standard InChI is InChI=1S/C25H35N7O/c1-18(2)32(19(3)4)14-12-26-24-22-25(29-23(28-24)20-9-6-5-7-10-20)31(17-27-22)16-15-30-13-8-11-21(30)33/h5-7,9-10,17-19H,8,11-16H2,1-4H3,(H,26,28,29). The predicted octanol–water partition coefficient (Wildman–Crippen LogP) is 3.65. The summed E-state index contributed by atoms with van der Waals surface area (Å²) in [7, 11) is 0. The van der Waals surface area contributed by atoms with E-state index in [0.717, 1.165) is 48.6 Å². The van der Waals surface area contributed by atoms with E-state index in [1.54, 1.807) is 0 Å². The van der Waals surface area contributed by atoms with E-state index in [-0.39, 0.29) is 5.91 Å². The SMILES string of the molecule is CC(C)N(CCNc1nc(-c2ccccc2)nc2c1ncn2CCN1CCCC1=O)C(C)C. The maximum Gasteiger partial charge on any atom is 0.222 e. The molecule has 3 aromatic rings. The predicted molar refractivity (Wildman–Crippen MR) is 132 cm³/mol. The van der Waals surface area contributed by atoms with E-state index in [0.29, 0.717) is 37.4 Å². The molecule has 1 aliphatic rings. The molecule has 0 radical (unpaired) electrons. The number of aromatic nitrogens is 4. The average Bonchev–Trinajstić information content (AvgIpc) is 3.40. The second kappa shape index (κ2) is 10.3. The molecule has 0 aliphatic carbocycles. The molecule has 4 rings (SSSR count). The molecule has 0 bridgehead atoms. The highest BCUT2D eigenvalue weighted by Gasteiger charge is 2.21. The number of carbonyl (C=O) groups excluding carboxylic acids is 1. The number of amides is 1. The molecule has 3 heterocycles. The van der Waals surface area contributed by atoms with Crippen LogP contribution in [0.5, 0.6) is 0 Å². The van der Waals surface area contributed by atoms with Crippen molar-refractivity contribution in [2.45, 2.75) is 59.2 Å². The largest absolute Gasteiger partial charge is 0.367 e. The van der Waals surface area contributed by atoms with E-state index >= 15 is 0 Å². The molecular formula is C25H35N7O. The summed E-state index contributed by atoms with van der Waals surface area (Å²) in [5.74, 6) is 1.66. The van der Waals surface area contributed by atoms with Crippen molar-refractivity contribution < 1.29 is 4.79 Å². The van der Waals surface area contributed by atoms with Gasteiger partial charge in [0, 0.05) is 56.8 Å². The normalized spacial score (nSPS) is 14.4. The molecule has 0 atom stereocenters. The van der Waals surface area contributed by atoms with E-state index in [1.165, 1.54) is 0 Å². The molecule has 1 saturated heterocycles. The summed E-state index contributed by atoms with van der Waals surface area (Å²) in [6, 6.07) is 11.0. The van der Waals surface area contributed by atoms with Crippen LogP contribution in [0.4, 0.5) is 5.82 Å². The molecule has 1 fully saturated rings. The summed E-state index contributed by atoms with van der Waals surface area (Å²) in [6.45, 7) is 12.8. The third kappa shape index (κ3) is 5.33. The first kappa shape index (κ1) is 23.2. The number of hydrogen-bond donors (Lipinski definition) is 1. The fourth-order valence-electron chi connectivity index (χ4n) is 4.53. The van der Waals surface area contributed by atoms with Gasteiger partial charge in [-0.1, -0.05) is 30.3 Å². The third-order valence-electron chi connectivity index (χ3n) is 6.27. The van der Waals surface area contributed by atoms with Crippen molar-refractivity contribution in [3.63, 3.8) is 0 Å². The van der Waals surface area contributed by atoms with Crippen LogP contribution in [0.2, 0.25) is 0 Å². The van der Waals surface area contributed by atoms with Gasteiger partial charge in [0.2, 0.25) is 5.91 Å². The molecule has 1 aliphatic heterocycles. The van der Waals surface area contributed by atoms with Crippen molar-refractivity contribution >= 4 is 22.9 Å². The Morgan fingerprint density at radius 2 is 1.82 bits per heavy atom. The zero-order valence-electron chi connectivity index (χ0n) is 20.2. The van der Waals surface area contributed by atoms with Crippen LogP contribution >= 0.6 is 0 Å². The molecular weight excluding hydrogens is 414 g/mol. The molecule has 8 heteroatoms. The average molecular weight is 450 g/mol. The molecule has 2 aromatic heterocycles. The highest BCUT2D eigenvalue weighted by molar-refractivity contribution is 5.85. The summed E-state index contributed by atoms with van der Waals surface area (Å²) in [6.07, 6.45) is 3.42. The summed E-state index contributed by atoms with van der Waals surface area (Å²) in [5, 5.41) is 3.52. The fraction of sp³-hybridized carbons (Fsp3) is 0.520. The third-order valence-corrected chi connectivity index (χ3v) is 6.27. The highest BCUT2D eigenvalue weighted by atomic mass is 16.2. The molecule has 176 valence electrons. The molecule has 8 nitrogen and oxygen atoms in total. The Morgan fingerprint density at radius 3 is 2.48 bits per heavy atom. The minimum atomic E-state index is 0.237. The topological polar surface area (TPSA) is 79.2 Å². The number of imidazole rings is 1. The number of hydrogen-bond acceptors (Lipinski definition) is 6. The van der Waals surface area contributed by atoms with E-state index in [1.807, 2.05) is 46.1 Å². The lowest BCUT2D eigenvalue weighted by Crippen LogP contribution is -2.40. The molecule has 0 saturated carbocycles. The van der Waals surface area contributed by atoms with Crippen LogP contribution in [0.25, 0.3) is 22.6 Å². The monoisotopic (exact) mass is 449 g/mol. The minimum Gasteiger partial charge on any atom is -0.367 e. The van der Waals surface area contributed by atoms with Crippen LogP contribution in [0.3, 0.4) is 0 Å². The second-order valence-electron chi connectivity index (χ2n) is 9.21. The minimum absolute atomic E-state index is 0.237. The van der Waals surface area contributed by atoms with Gasteiger partial charge in [0.15, 0.2) is 17.3 Å². The first-order valence-corrected chi connectivity index (χ1v) is 12.0. The van der Waals surface area contributed by atoms with Crippen LogP contribution in [0.15, 0.2) is 36.7 Å². The maximum absolute atomic E-state index is 12.0. The van der Waals surface area contributed by atoms with Gasteiger partial charge < -0.3 is 14.8 Å². The lowest BCUT2D eigenvalue weighted by molar-refractivity contribution is -0.127.